The van der Waals surface area contributed by atoms with E-state index in [1.165, 1.54) is 67.2 Å². The van der Waals surface area contributed by atoms with Crippen LogP contribution in [0.5, 0.6) is 0 Å². The van der Waals surface area contributed by atoms with Gasteiger partial charge in [0.25, 0.3) is 0 Å². The normalized spacial score (nSPS) is 14.2. The van der Waals surface area contributed by atoms with Gasteiger partial charge in [0.1, 0.15) is 0 Å². The molecule has 8 aromatic carbocycles. The zero-order valence-corrected chi connectivity index (χ0v) is 35.0. The maximum atomic E-state index is 5.68. The first kappa shape index (κ1) is 34.2. The topological polar surface area (TPSA) is 30.7 Å². The third-order valence-electron chi connectivity index (χ3n) is 13.1. The summed E-state index contributed by atoms with van der Waals surface area (Å²) in [5.74, 6) is 0.743. The molecule has 0 saturated carbocycles. The summed E-state index contributed by atoms with van der Waals surface area (Å²) in [7, 11) is 0. The molecular weight excluding hydrogens is 775 g/mol. The Hall–Kier alpha value is -6.82. The van der Waals surface area contributed by atoms with Crippen LogP contribution in [-0.4, -0.2) is 27.8 Å². The van der Waals surface area contributed by atoms with Crippen LogP contribution in [0.1, 0.15) is 25.0 Å². The minimum absolute atomic E-state index is 0.0834. The fourth-order valence-corrected chi connectivity index (χ4v) is 21.5. The molecule has 0 unspecified atom stereocenters. The molecule has 1 aliphatic heterocycles. The van der Waals surface area contributed by atoms with Crippen LogP contribution in [0.15, 0.2) is 200 Å². The Morgan fingerprint density at radius 2 is 1.08 bits per heavy atom. The standard InChI is InChI=1S/C55H39GeN3/c1-55(2)44-30-15-12-27-41(44)49-45(55)33-34-48-50(49)43-29-14-17-32-47(43)59(48)40-26-18-21-37(35-40)52-51-53(58-54(57-52)36-19-6-3-7-20-36)42-28-13-16-31-46(42)56(51,38-22-8-4-9-23-38)39-24-10-5-11-25-39/h3-35H,1-2H3. The van der Waals surface area contributed by atoms with Gasteiger partial charge in [-0.3, -0.25) is 0 Å². The maximum absolute atomic E-state index is 5.68. The minimum atomic E-state index is -3.74. The van der Waals surface area contributed by atoms with Crippen LogP contribution >= 0.6 is 0 Å². The molecule has 0 fully saturated rings. The molecule has 3 nitrogen and oxygen atoms in total. The van der Waals surface area contributed by atoms with Crippen LogP contribution in [0.25, 0.3) is 72.5 Å². The van der Waals surface area contributed by atoms with Crippen LogP contribution < -0.4 is 17.6 Å². The first-order valence-corrected chi connectivity index (χ1v) is 24.7. The second-order valence-corrected chi connectivity index (χ2v) is 24.2. The van der Waals surface area contributed by atoms with E-state index in [0.717, 1.165) is 34.0 Å². The molecule has 4 heteroatoms. The molecule has 1 aliphatic carbocycles. The van der Waals surface area contributed by atoms with Gasteiger partial charge in [-0.25, -0.2) is 0 Å². The van der Waals surface area contributed by atoms with Crippen molar-refractivity contribution in [1.82, 2.24) is 14.5 Å². The van der Waals surface area contributed by atoms with E-state index in [1.54, 1.807) is 0 Å². The van der Waals surface area contributed by atoms with Crippen LogP contribution in [-0.2, 0) is 5.41 Å². The number of hydrogen-bond acceptors (Lipinski definition) is 2. The third kappa shape index (κ3) is 4.77. The summed E-state index contributed by atoms with van der Waals surface area (Å²) < 4.78 is 7.91. The van der Waals surface area contributed by atoms with Gasteiger partial charge in [0, 0.05) is 0 Å². The number of hydrogen-bond donors (Lipinski definition) is 0. The predicted octanol–water partition coefficient (Wildman–Crippen LogP) is 10.6. The van der Waals surface area contributed by atoms with E-state index >= 15 is 0 Å². The number of fused-ring (bicyclic) bond motifs is 10. The van der Waals surface area contributed by atoms with E-state index in [0.29, 0.717) is 0 Å². The average molecular weight is 815 g/mol. The molecule has 10 aromatic rings. The summed E-state index contributed by atoms with van der Waals surface area (Å²) in [5, 5.41) is 2.58. The first-order valence-electron chi connectivity index (χ1n) is 20.5. The fraction of sp³-hybridized carbons (Fsp3) is 0.0545. The van der Waals surface area contributed by atoms with E-state index < -0.39 is 13.3 Å². The van der Waals surface area contributed by atoms with Gasteiger partial charge >= 0.3 is 342 Å². The number of nitrogens with zero attached hydrogens (tertiary/aromatic N) is 3. The van der Waals surface area contributed by atoms with Crippen molar-refractivity contribution in [2.75, 3.05) is 0 Å². The Labute approximate surface area is 346 Å². The number of benzene rings is 8. The van der Waals surface area contributed by atoms with Gasteiger partial charge in [0.15, 0.2) is 0 Å². The first-order chi connectivity index (χ1) is 29.0. The van der Waals surface area contributed by atoms with Crippen molar-refractivity contribution in [3.05, 3.63) is 211 Å². The molecule has 2 aromatic heterocycles. The zero-order chi connectivity index (χ0) is 39.3. The summed E-state index contributed by atoms with van der Waals surface area (Å²) in [5.41, 5.74) is 14.3. The monoisotopic (exact) mass is 815 g/mol. The molecule has 3 heterocycles. The van der Waals surface area contributed by atoms with Crippen LogP contribution in [0.3, 0.4) is 0 Å². The van der Waals surface area contributed by atoms with Crippen molar-refractivity contribution in [3.8, 4) is 50.7 Å². The summed E-state index contributed by atoms with van der Waals surface area (Å²) in [4.78, 5) is 11.2. The molecule has 0 spiro atoms. The van der Waals surface area contributed by atoms with Gasteiger partial charge in [0.05, 0.1) is 0 Å². The Kier molecular flexibility index (Phi) is 7.45. The predicted molar refractivity (Wildman–Crippen MR) is 247 cm³/mol. The molecule has 0 amide bonds. The molecule has 0 atom stereocenters. The Balaban J connectivity index is 1.17. The van der Waals surface area contributed by atoms with Gasteiger partial charge in [-0.1, -0.05) is 6.07 Å². The molecule has 278 valence electrons. The summed E-state index contributed by atoms with van der Waals surface area (Å²) >= 11 is -3.74. The second kappa shape index (κ2) is 12.8. The van der Waals surface area contributed by atoms with Gasteiger partial charge in [-0.15, -0.1) is 0 Å². The summed E-state index contributed by atoms with van der Waals surface area (Å²) in [6.07, 6.45) is 0. The fourth-order valence-electron chi connectivity index (χ4n) is 10.6. The molecule has 0 radical (unpaired) electrons. The van der Waals surface area contributed by atoms with Gasteiger partial charge < -0.3 is 0 Å². The van der Waals surface area contributed by atoms with E-state index in [2.05, 4.69) is 219 Å². The Bertz CT molecular complexity index is 3250. The van der Waals surface area contributed by atoms with Gasteiger partial charge in [0.2, 0.25) is 0 Å². The van der Waals surface area contributed by atoms with E-state index in [-0.39, 0.29) is 5.41 Å². The van der Waals surface area contributed by atoms with Crippen molar-refractivity contribution in [2.24, 2.45) is 0 Å². The molecule has 59 heavy (non-hydrogen) atoms. The van der Waals surface area contributed by atoms with Crippen molar-refractivity contribution in [2.45, 2.75) is 19.3 Å². The van der Waals surface area contributed by atoms with Crippen molar-refractivity contribution < 1.29 is 0 Å². The molecule has 0 bridgehead atoms. The van der Waals surface area contributed by atoms with Crippen molar-refractivity contribution >= 4 is 52.7 Å². The second-order valence-electron chi connectivity index (χ2n) is 16.5. The van der Waals surface area contributed by atoms with E-state index in [1.807, 2.05) is 0 Å². The van der Waals surface area contributed by atoms with Gasteiger partial charge in [-0.2, -0.15) is 0 Å². The molecular formula is C55H39GeN3. The van der Waals surface area contributed by atoms with Crippen LogP contribution in [0.4, 0.5) is 0 Å². The number of rotatable bonds is 5. The quantitative estimate of drug-likeness (QED) is 0.162. The van der Waals surface area contributed by atoms with Gasteiger partial charge in [-0.05, 0) is 0 Å². The van der Waals surface area contributed by atoms with Crippen LogP contribution in [0, 0.1) is 0 Å². The van der Waals surface area contributed by atoms with Crippen molar-refractivity contribution in [1.29, 1.82) is 0 Å². The SMILES string of the molecule is CC1(C)c2ccccc2-c2c1ccc1c2c2ccccc2n1-c1cccc(-c2nc(-c3ccccc3)nc3[c]2[Ge]([c]2ccccc2)([c]2ccccc2)[c]2ccccc2-3)c1. The molecule has 12 rings (SSSR count). The summed E-state index contributed by atoms with van der Waals surface area (Å²) in [6.45, 7) is 4.73. The Morgan fingerprint density at radius 1 is 0.475 bits per heavy atom. The number of para-hydroxylation sites is 1. The zero-order valence-electron chi connectivity index (χ0n) is 32.9. The molecule has 0 N–H and O–H groups in total. The van der Waals surface area contributed by atoms with E-state index in [4.69, 9.17) is 9.97 Å². The average Bonchev–Trinajstić information content (AvgIpc) is 3.88. The Morgan fingerprint density at radius 3 is 1.85 bits per heavy atom. The van der Waals surface area contributed by atoms with Crippen molar-refractivity contribution in [3.63, 3.8) is 0 Å². The van der Waals surface area contributed by atoms with Crippen LogP contribution in [0.2, 0.25) is 0 Å². The molecule has 2 aliphatic rings. The number of aromatic nitrogens is 3. The summed E-state index contributed by atoms with van der Waals surface area (Å²) in [6, 6.07) is 73.7. The van der Waals surface area contributed by atoms with E-state index in [9.17, 15) is 0 Å². The third-order valence-corrected chi connectivity index (χ3v) is 23.3. The molecule has 0 saturated heterocycles.